The van der Waals surface area contributed by atoms with Crippen LogP contribution in [0.2, 0.25) is 0 Å². The van der Waals surface area contributed by atoms with Crippen molar-refractivity contribution in [3.8, 4) is 0 Å². The molecule has 1 aliphatic rings. The second kappa shape index (κ2) is 7.01. The molecule has 0 aliphatic carbocycles. The van der Waals surface area contributed by atoms with Crippen molar-refractivity contribution >= 4 is 5.97 Å². The summed E-state index contributed by atoms with van der Waals surface area (Å²) in [6.07, 6.45) is -1.39. The number of hydrogen-bond acceptors (Lipinski definition) is 5. The van der Waals surface area contributed by atoms with E-state index >= 15 is 0 Å². The van der Waals surface area contributed by atoms with Gasteiger partial charge in [-0.2, -0.15) is 0 Å². The van der Waals surface area contributed by atoms with Crippen molar-refractivity contribution in [2.45, 2.75) is 6.10 Å². The minimum atomic E-state index is -1.39. The summed E-state index contributed by atoms with van der Waals surface area (Å²) in [6.45, 7) is 4.14. The number of β-amino-alcohol motifs (C(OH)–C–C–N with tert-alkyl or cyclic N) is 1. The van der Waals surface area contributed by atoms with E-state index in [9.17, 15) is 9.90 Å². The van der Waals surface area contributed by atoms with Crippen molar-refractivity contribution in [1.82, 2.24) is 4.90 Å². The smallest absolute Gasteiger partial charge is 0.338 e. The van der Waals surface area contributed by atoms with Gasteiger partial charge in [-0.25, -0.2) is 4.79 Å². The summed E-state index contributed by atoms with van der Waals surface area (Å²) in [5.74, 6) is -1.22. The predicted octanol–water partition coefficient (Wildman–Crippen LogP) is -2.45. The molecule has 4 N–H and O–H groups in total. The number of aliphatic hydroxyl groups excluding tert-OH is 3. The predicted molar refractivity (Wildman–Crippen MR) is 64.0 cm³/mol. The molecule has 0 spiro atoms. The first kappa shape index (κ1) is 15.3. The molecule has 1 fully saturated rings. The van der Waals surface area contributed by atoms with Gasteiger partial charge in [0.1, 0.15) is 13.1 Å². The average molecular weight is 263 g/mol. The Morgan fingerprint density at radius 1 is 1.22 bits per heavy atom. The maximum Gasteiger partial charge on any atom is 0.338 e. The molecule has 0 aromatic rings. The Morgan fingerprint density at radius 3 is 2.28 bits per heavy atom. The number of piperazine rings is 1. The van der Waals surface area contributed by atoms with Crippen molar-refractivity contribution in [3.05, 3.63) is 0 Å². The van der Waals surface area contributed by atoms with Crippen LogP contribution in [0.4, 0.5) is 0 Å². The van der Waals surface area contributed by atoms with Gasteiger partial charge in [-0.15, -0.1) is 0 Å². The molecule has 1 unspecified atom stereocenters. The van der Waals surface area contributed by atoms with Crippen LogP contribution in [0.5, 0.6) is 0 Å². The van der Waals surface area contributed by atoms with Gasteiger partial charge >= 0.3 is 5.97 Å². The highest BCUT2D eigenvalue weighted by Crippen LogP contribution is 2.14. The number of carboxylic acid groups (broad SMARTS) is 1. The standard InChI is InChI=1S/C11H22N2O5/c14-7-3-12-1-4-13(5-2-12,6-8-15)9-10(16)11(17)18/h10,14-16H,1-9H2/p+1. The zero-order valence-electron chi connectivity index (χ0n) is 10.5. The van der Waals surface area contributed by atoms with Crippen LogP contribution < -0.4 is 0 Å². The molecule has 1 saturated heterocycles. The van der Waals surface area contributed by atoms with Gasteiger partial charge in [0.15, 0.2) is 0 Å². The van der Waals surface area contributed by atoms with E-state index in [-0.39, 0.29) is 19.8 Å². The second-order valence-corrected chi connectivity index (χ2v) is 4.84. The van der Waals surface area contributed by atoms with E-state index in [0.717, 1.165) is 13.1 Å². The number of quaternary nitrogens is 1. The number of hydrogen-bond donors (Lipinski definition) is 4. The van der Waals surface area contributed by atoms with Gasteiger partial charge in [0.25, 0.3) is 0 Å². The lowest BCUT2D eigenvalue weighted by Crippen LogP contribution is -2.63. The monoisotopic (exact) mass is 263 g/mol. The van der Waals surface area contributed by atoms with Gasteiger partial charge in [-0.1, -0.05) is 0 Å². The van der Waals surface area contributed by atoms with Gasteiger partial charge in [0.2, 0.25) is 6.10 Å². The SMILES string of the molecule is O=C(O)C(O)C[N+]1(CCO)CCN(CCO)CC1. The molecule has 106 valence electrons. The molecule has 1 heterocycles. The lowest BCUT2D eigenvalue weighted by atomic mass is 10.2. The first-order valence-corrected chi connectivity index (χ1v) is 6.23. The molecule has 7 nitrogen and oxygen atoms in total. The highest BCUT2D eigenvalue weighted by molar-refractivity contribution is 5.71. The Bertz CT molecular complexity index is 266. The van der Waals surface area contributed by atoms with Crippen LogP contribution in [0.1, 0.15) is 0 Å². The molecule has 0 aromatic carbocycles. The summed E-state index contributed by atoms with van der Waals surface area (Å²) in [7, 11) is 0. The van der Waals surface area contributed by atoms with Crippen LogP contribution in [-0.2, 0) is 4.79 Å². The highest BCUT2D eigenvalue weighted by Gasteiger charge is 2.36. The van der Waals surface area contributed by atoms with Crippen LogP contribution in [0.25, 0.3) is 0 Å². The van der Waals surface area contributed by atoms with E-state index in [1.165, 1.54) is 0 Å². The molecule has 0 saturated carbocycles. The van der Waals surface area contributed by atoms with E-state index in [1.807, 2.05) is 0 Å². The Labute approximate surface area is 106 Å². The molecule has 0 aromatic heterocycles. The molecule has 0 radical (unpaired) electrons. The fraction of sp³-hybridized carbons (Fsp3) is 0.909. The van der Waals surface area contributed by atoms with E-state index in [1.54, 1.807) is 0 Å². The van der Waals surface area contributed by atoms with Crippen LogP contribution in [-0.4, -0.2) is 101 Å². The largest absolute Gasteiger partial charge is 0.479 e. The fourth-order valence-electron chi connectivity index (χ4n) is 2.45. The van der Waals surface area contributed by atoms with Crippen molar-refractivity contribution in [1.29, 1.82) is 0 Å². The molecule has 0 bridgehead atoms. The third-order valence-corrected chi connectivity index (χ3v) is 3.62. The van der Waals surface area contributed by atoms with Crippen molar-refractivity contribution in [3.63, 3.8) is 0 Å². The zero-order valence-corrected chi connectivity index (χ0v) is 10.5. The Hall–Kier alpha value is -0.730. The normalized spacial score (nSPS) is 21.7. The van der Waals surface area contributed by atoms with Crippen LogP contribution in [0.15, 0.2) is 0 Å². The molecule has 1 rings (SSSR count). The Kier molecular flexibility index (Phi) is 5.97. The topological polar surface area (TPSA) is 101 Å². The van der Waals surface area contributed by atoms with Crippen LogP contribution >= 0.6 is 0 Å². The Balaban J connectivity index is 2.57. The van der Waals surface area contributed by atoms with Gasteiger partial charge in [-0.05, 0) is 0 Å². The number of rotatable bonds is 7. The van der Waals surface area contributed by atoms with E-state index in [4.69, 9.17) is 15.3 Å². The van der Waals surface area contributed by atoms with Gasteiger partial charge < -0.3 is 24.9 Å². The third kappa shape index (κ3) is 4.18. The summed E-state index contributed by atoms with van der Waals surface area (Å²) in [6, 6.07) is 0. The molecular formula is C11H23N2O5+. The molecular weight excluding hydrogens is 240 g/mol. The summed E-state index contributed by atoms with van der Waals surface area (Å²) >= 11 is 0. The van der Waals surface area contributed by atoms with Crippen molar-refractivity contribution in [2.24, 2.45) is 0 Å². The maximum atomic E-state index is 10.7. The van der Waals surface area contributed by atoms with Crippen LogP contribution in [0, 0.1) is 0 Å². The molecule has 1 atom stereocenters. The lowest BCUT2D eigenvalue weighted by molar-refractivity contribution is -0.934. The number of aliphatic carboxylic acids is 1. The highest BCUT2D eigenvalue weighted by atomic mass is 16.4. The van der Waals surface area contributed by atoms with Crippen molar-refractivity contribution in [2.75, 3.05) is 59.0 Å². The molecule has 0 amide bonds. The Morgan fingerprint density at radius 2 is 1.83 bits per heavy atom. The summed E-state index contributed by atoms with van der Waals surface area (Å²) in [5, 5.41) is 36.2. The number of carbonyl (C=O) groups is 1. The third-order valence-electron chi connectivity index (χ3n) is 3.62. The lowest BCUT2D eigenvalue weighted by Gasteiger charge is -2.45. The fourth-order valence-corrected chi connectivity index (χ4v) is 2.45. The van der Waals surface area contributed by atoms with Crippen LogP contribution in [0.3, 0.4) is 0 Å². The first-order chi connectivity index (χ1) is 8.53. The van der Waals surface area contributed by atoms with E-state index in [2.05, 4.69) is 4.90 Å². The number of nitrogens with zero attached hydrogens (tertiary/aromatic N) is 2. The number of aliphatic hydroxyl groups is 3. The minimum absolute atomic E-state index is 0.0215. The maximum absolute atomic E-state index is 10.7. The van der Waals surface area contributed by atoms with Gasteiger partial charge in [0, 0.05) is 19.6 Å². The van der Waals surface area contributed by atoms with Gasteiger partial charge in [0.05, 0.1) is 26.3 Å². The minimum Gasteiger partial charge on any atom is -0.479 e. The number of carboxylic acids is 1. The molecule has 18 heavy (non-hydrogen) atoms. The average Bonchev–Trinajstić information content (AvgIpc) is 2.33. The summed E-state index contributed by atoms with van der Waals surface area (Å²) in [5.41, 5.74) is 0. The molecule has 1 aliphatic heterocycles. The van der Waals surface area contributed by atoms with E-state index in [0.29, 0.717) is 30.7 Å². The quantitative estimate of drug-likeness (QED) is 0.380. The summed E-state index contributed by atoms with van der Waals surface area (Å²) in [4.78, 5) is 12.8. The molecule has 7 heteroatoms. The first-order valence-electron chi connectivity index (χ1n) is 6.23. The van der Waals surface area contributed by atoms with E-state index < -0.39 is 12.1 Å². The van der Waals surface area contributed by atoms with Gasteiger partial charge in [-0.3, -0.25) is 4.90 Å². The summed E-state index contributed by atoms with van der Waals surface area (Å²) < 4.78 is 0.423. The second-order valence-electron chi connectivity index (χ2n) is 4.84. The zero-order chi connectivity index (χ0) is 13.6. The van der Waals surface area contributed by atoms with Crippen molar-refractivity contribution < 1.29 is 29.7 Å².